The molecular weight excluding hydrogens is 1250 g/mol. The summed E-state index contributed by atoms with van der Waals surface area (Å²) in [7, 11) is -5.32. The van der Waals surface area contributed by atoms with Gasteiger partial charge in [0.2, 0.25) is 41.4 Å². The molecular formula is C64H91CoN12O14P. The van der Waals surface area contributed by atoms with Gasteiger partial charge in [-0.25, -0.2) is 9.98 Å². The monoisotopic (exact) mass is 1340 g/mol. The molecule has 0 saturated carbocycles. The SMILES string of the molecule is C/C1=C2/[N-]C(C)(C3N=C(/C(C)=C4[C+]=C(/C=C5N=C1C(C)(CC(N)=O)C\5CCC(N)=O)C(C)(C)C\4CCC(N)=O)C(C)(CCC(=O)NCC(C)OP(=O)([O-])OC1C(CO)OC(n4cnc5cc(C)c(C)cc54)C1O)C3CC(N)=O)C(C)(CC(N)=O)C2CCC(N)=O.[CH3-].[Co+2]. The first-order valence-electron chi connectivity index (χ1n) is 30.5. The van der Waals surface area contributed by atoms with Crippen LogP contribution in [0, 0.1) is 72.7 Å². The molecule has 15 unspecified atom stereocenters. The van der Waals surface area contributed by atoms with Crippen LogP contribution in [0.3, 0.4) is 0 Å². The number of allylic oxidation sites excluding steroid dienone is 8. The molecule has 26 nitrogen and oxygen atoms in total. The van der Waals surface area contributed by atoms with Crippen molar-refractivity contribution in [2.45, 2.75) is 189 Å². The zero-order valence-corrected chi connectivity index (χ0v) is 56.5. The van der Waals surface area contributed by atoms with E-state index in [1.54, 1.807) is 6.92 Å². The third-order valence-electron chi connectivity index (χ3n) is 20.6. The van der Waals surface area contributed by atoms with Crippen LogP contribution in [0.4, 0.5) is 0 Å². The first-order chi connectivity index (χ1) is 41.8. The van der Waals surface area contributed by atoms with Gasteiger partial charge in [0.25, 0.3) is 7.82 Å². The molecule has 28 heteroatoms. The summed E-state index contributed by atoms with van der Waals surface area (Å²) in [6.07, 6.45) is -0.887. The minimum Gasteiger partial charge on any atom is -0.756 e. The maximum Gasteiger partial charge on any atom is 2.00 e. The molecule has 7 amide bonds. The number of nitrogens with one attached hydrogen (secondary N) is 1. The topological polar surface area (TPSA) is 453 Å². The molecule has 1 aromatic carbocycles. The van der Waals surface area contributed by atoms with E-state index in [2.05, 4.69) is 16.4 Å². The molecule has 0 spiro atoms. The number of nitrogens with zero attached hydrogens (tertiary/aromatic N) is 5. The van der Waals surface area contributed by atoms with Crippen molar-refractivity contribution in [2.24, 2.45) is 89.7 Å². The summed E-state index contributed by atoms with van der Waals surface area (Å²) in [6, 6.07) is 2.67. The van der Waals surface area contributed by atoms with Crippen molar-refractivity contribution in [2.75, 3.05) is 13.2 Å². The van der Waals surface area contributed by atoms with Gasteiger partial charge in [-0.15, -0.1) is 0 Å². The fourth-order valence-corrected chi connectivity index (χ4v) is 16.6. The minimum absolute atomic E-state index is 0. The van der Waals surface area contributed by atoms with E-state index in [4.69, 9.17) is 63.5 Å². The molecule has 15 N–H and O–H groups in total. The molecule has 505 valence electrons. The molecule has 6 aliphatic rings. The summed E-state index contributed by atoms with van der Waals surface area (Å²) in [5.41, 5.74) is 37.2. The van der Waals surface area contributed by atoms with Crippen molar-refractivity contribution < 1.29 is 83.8 Å². The summed E-state index contributed by atoms with van der Waals surface area (Å²) < 4.78 is 31.9. The van der Waals surface area contributed by atoms with E-state index >= 15 is 0 Å². The summed E-state index contributed by atoms with van der Waals surface area (Å²) in [5.74, 6) is -7.25. The van der Waals surface area contributed by atoms with Crippen molar-refractivity contribution in [3.63, 3.8) is 0 Å². The van der Waals surface area contributed by atoms with Gasteiger partial charge in [0.05, 0.1) is 58.8 Å². The third kappa shape index (κ3) is 14.1. The predicted molar refractivity (Wildman–Crippen MR) is 337 cm³/mol. The number of fused-ring (bicyclic) bond motifs is 7. The van der Waals surface area contributed by atoms with Gasteiger partial charge in [0.15, 0.2) is 6.23 Å². The largest absolute Gasteiger partial charge is 2.00 e. The van der Waals surface area contributed by atoms with Crippen LogP contribution in [0.5, 0.6) is 0 Å². The van der Waals surface area contributed by atoms with E-state index in [-0.39, 0.29) is 101 Å². The molecule has 1 aliphatic carbocycles. The van der Waals surface area contributed by atoms with Crippen molar-refractivity contribution in [1.29, 1.82) is 0 Å². The van der Waals surface area contributed by atoms with Gasteiger partial charge in [-0.3, -0.25) is 43.1 Å². The molecule has 2 fully saturated rings. The number of imidazole rings is 1. The Morgan fingerprint density at radius 3 is 1.98 bits per heavy atom. The number of ether oxygens (including phenoxy) is 1. The molecule has 1 aromatic heterocycles. The molecule has 92 heavy (non-hydrogen) atoms. The minimum atomic E-state index is -5.32. The average Bonchev–Trinajstić information content (AvgIpc) is 1.53. The van der Waals surface area contributed by atoms with E-state index in [1.165, 1.54) is 17.8 Å². The number of phosphoric acid groups is 1. The van der Waals surface area contributed by atoms with E-state index in [0.717, 1.165) is 11.1 Å². The van der Waals surface area contributed by atoms with Gasteiger partial charge >= 0.3 is 16.8 Å². The predicted octanol–water partition coefficient (Wildman–Crippen LogP) is 4.09. The number of rotatable bonds is 26. The number of aliphatic imine (C=N–C) groups is 2. The summed E-state index contributed by atoms with van der Waals surface area (Å²) in [4.78, 5) is 122. The van der Waals surface area contributed by atoms with Crippen LogP contribution in [0.2, 0.25) is 0 Å². The van der Waals surface area contributed by atoms with Gasteiger partial charge < -0.3 is 85.9 Å². The molecule has 2 saturated heterocycles. The van der Waals surface area contributed by atoms with Crippen LogP contribution in [0.15, 0.2) is 68.2 Å². The van der Waals surface area contributed by atoms with Gasteiger partial charge in [-0.2, -0.15) is 5.70 Å². The number of carbonyl (C=O) groups excluding carboxylic acids is 7. The van der Waals surface area contributed by atoms with E-state index < -0.39 is 143 Å². The number of hydrogen-bond acceptors (Lipinski definition) is 17. The van der Waals surface area contributed by atoms with Crippen molar-refractivity contribution in [1.82, 2.24) is 14.9 Å². The van der Waals surface area contributed by atoms with Gasteiger partial charge in [-0.05, 0) is 93.5 Å². The van der Waals surface area contributed by atoms with Crippen LogP contribution in [0.1, 0.15) is 150 Å². The number of aryl methyl sites for hydroxylation is 2. The van der Waals surface area contributed by atoms with E-state index in [1.807, 2.05) is 80.5 Å². The Balaban J connectivity index is 0.00000672. The maximum atomic E-state index is 14.4. The van der Waals surface area contributed by atoms with Crippen molar-refractivity contribution >= 4 is 71.6 Å². The van der Waals surface area contributed by atoms with Crippen LogP contribution < -0.4 is 44.6 Å². The zero-order chi connectivity index (χ0) is 66.7. The Kier molecular flexibility index (Phi) is 22.5. The number of carbonyl (C=O) groups is 7. The van der Waals surface area contributed by atoms with Gasteiger partial charge in [0, 0.05) is 105 Å². The molecule has 2 aromatic rings. The van der Waals surface area contributed by atoms with Gasteiger partial charge in [-0.1, -0.05) is 47.1 Å². The van der Waals surface area contributed by atoms with Crippen LogP contribution in [0.25, 0.3) is 16.4 Å². The summed E-state index contributed by atoms with van der Waals surface area (Å²) >= 11 is 0. The number of hydrogen-bond donors (Lipinski definition) is 9. The number of nitrogens with two attached hydrogens (primary N) is 6. The van der Waals surface area contributed by atoms with Crippen molar-refractivity contribution in [3.8, 4) is 0 Å². The molecule has 8 rings (SSSR count). The molecule has 1 radical (unpaired) electrons. The third-order valence-corrected chi connectivity index (χ3v) is 21.7. The fraction of sp³-hybridized carbons (Fsp3) is 0.609. The second-order valence-corrected chi connectivity index (χ2v) is 28.4. The standard InChI is InChI=1S/C63H89N12O14P.CH3.Co/c1-30-20-42-43(21-31(30)2)75(29-71-42)58-53(84)54(44(28-76)87-58)89-90(85,86)88-32(3)27-70-51(83)18-19-60(8)40(24-48(67)80)57-63(11)62(10,26-50(69)82)39(14-17-47(66)79)52(74-63)34(5)56-61(9,25-49(68)81)38(13-16-46(65)78)41(72-56)23-35-22-36(33(4)55(60)73-57)37(59(35,6)7)12-15-45(64)77;;/h20-21,23,29,32,37-40,44,53-54,57-58,76,84H,12-19,24-28H2,1-11H3,(H14-,64,65,66,67,68,69,70,72,73,74,77,78,79,80,81,82,83,85,86);1H3;/q;-1;+2/p-1. The number of aromatic nitrogens is 2. The maximum absolute atomic E-state index is 14.4. The average molecular weight is 1340 g/mol. The second kappa shape index (κ2) is 27.8. The normalized spacial score (nSPS) is 33.4. The fourth-order valence-electron chi connectivity index (χ4n) is 15.4. The second-order valence-electron chi connectivity index (χ2n) is 27.1. The molecule has 8 bridgehead atoms. The van der Waals surface area contributed by atoms with Crippen molar-refractivity contribution in [3.05, 3.63) is 88.2 Å². The Morgan fingerprint density at radius 1 is 0.815 bits per heavy atom. The quantitative estimate of drug-likeness (QED) is 0.0473. The van der Waals surface area contributed by atoms with E-state index in [9.17, 15) is 53.2 Å². The number of amides is 7. The summed E-state index contributed by atoms with van der Waals surface area (Å²) in [5, 5.41) is 30.1. The van der Waals surface area contributed by atoms with E-state index in [0.29, 0.717) is 56.1 Å². The van der Waals surface area contributed by atoms with Crippen LogP contribution in [-0.2, 0) is 68.7 Å². The Morgan fingerprint density at radius 2 is 1.40 bits per heavy atom. The smallest absolute Gasteiger partial charge is 0.756 e. The van der Waals surface area contributed by atoms with Gasteiger partial charge in [0.1, 0.15) is 29.5 Å². The number of phosphoric ester groups is 1. The first kappa shape index (κ1) is 74.5. The first-order valence-corrected chi connectivity index (χ1v) is 32.0. The number of aliphatic hydroxyl groups excluding tert-OH is 2. The zero-order valence-electron chi connectivity index (χ0n) is 54.5. The van der Waals surface area contributed by atoms with Crippen LogP contribution in [-0.4, -0.2) is 122 Å². The van der Waals surface area contributed by atoms with Crippen LogP contribution >= 0.6 is 7.82 Å². The Bertz CT molecular complexity index is 3540. The Labute approximate surface area is 547 Å². The number of primary amides is 6. The number of benzene rings is 1. The molecule has 5 aliphatic heterocycles. The summed E-state index contributed by atoms with van der Waals surface area (Å²) in [6.45, 7) is 19.1. The number of aliphatic hydroxyl groups is 2. The molecule has 15 atom stereocenters. The Hall–Kier alpha value is -6.51. The molecule has 6 heterocycles.